The van der Waals surface area contributed by atoms with Crippen molar-refractivity contribution in [1.29, 1.82) is 0 Å². The number of phenols is 1. The zero-order valence-electron chi connectivity index (χ0n) is 12.5. The number of nitrogens with zero attached hydrogens (tertiary/aromatic N) is 2. The van der Waals surface area contributed by atoms with Gasteiger partial charge in [0.25, 0.3) is 0 Å². The first-order valence-electron chi connectivity index (χ1n) is 6.50. The van der Waals surface area contributed by atoms with Crippen LogP contribution in [0.5, 0.6) is 11.5 Å². The second-order valence-corrected chi connectivity index (χ2v) is 6.20. The topological polar surface area (TPSA) is 125 Å². The van der Waals surface area contributed by atoms with Crippen molar-refractivity contribution < 1.29 is 24.2 Å². The predicted octanol–water partition coefficient (Wildman–Crippen LogP) is 2.09. The lowest BCUT2D eigenvalue weighted by atomic mass is 10.1. The third-order valence-corrected chi connectivity index (χ3v) is 4.01. The SMILES string of the molecule is COc1cc(/C(=C\Nc2ncccn2)P(=O)(O)O)cc(C)c1O. The quantitative estimate of drug-likeness (QED) is 0.611. The predicted molar refractivity (Wildman–Crippen MR) is 85.1 cm³/mol. The van der Waals surface area contributed by atoms with Crippen molar-refractivity contribution >= 4 is 18.9 Å². The lowest BCUT2D eigenvalue weighted by molar-refractivity contribution is 0.371. The fourth-order valence-electron chi connectivity index (χ4n) is 1.89. The van der Waals surface area contributed by atoms with Crippen LogP contribution >= 0.6 is 7.60 Å². The van der Waals surface area contributed by atoms with Gasteiger partial charge < -0.3 is 24.9 Å². The maximum absolute atomic E-state index is 11.8. The Bertz CT molecular complexity index is 773. The van der Waals surface area contributed by atoms with Gasteiger partial charge in [-0.2, -0.15) is 0 Å². The Morgan fingerprint density at radius 2 is 1.96 bits per heavy atom. The van der Waals surface area contributed by atoms with E-state index in [4.69, 9.17) is 4.74 Å². The average Bonchev–Trinajstić information content (AvgIpc) is 2.50. The van der Waals surface area contributed by atoms with Crippen molar-refractivity contribution in [3.63, 3.8) is 0 Å². The number of phenolic OH excluding ortho intramolecular Hbond substituents is 1. The summed E-state index contributed by atoms with van der Waals surface area (Å²) in [6.45, 7) is 1.60. The Hall–Kier alpha value is -2.41. The normalized spacial score (nSPS) is 12.1. The maximum Gasteiger partial charge on any atom is 0.358 e. The van der Waals surface area contributed by atoms with E-state index in [1.54, 1.807) is 13.0 Å². The molecule has 0 saturated carbocycles. The molecule has 0 amide bonds. The molecule has 1 heterocycles. The van der Waals surface area contributed by atoms with Crippen LogP contribution in [0.4, 0.5) is 5.95 Å². The van der Waals surface area contributed by atoms with Crippen LogP contribution in [0.2, 0.25) is 0 Å². The molecule has 0 atom stereocenters. The molecule has 122 valence electrons. The number of nitrogens with one attached hydrogen (secondary N) is 1. The molecular formula is C14H16N3O5P. The Balaban J connectivity index is 2.48. The van der Waals surface area contributed by atoms with Gasteiger partial charge in [-0.25, -0.2) is 9.97 Å². The van der Waals surface area contributed by atoms with Gasteiger partial charge in [-0.05, 0) is 36.2 Å². The number of aromatic hydroxyl groups is 1. The third kappa shape index (κ3) is 4.07. The molecule has 0 bridgehead atoms. The highest BCUT2D eigenvalue weighted by atomic mass is 31.2. The van der Waals surface area contributed by atoms with E-state index in [-0.39, 0.29) is 28.3 Å². The average molecular weight is 337 g/mol. The molecule has 0 unspecified atom stereocenters. The molecule has 0 radical (unpaired) electrons. The summed E-state index contributed by atoms with van der Waals surface area (Å²) in [4.78, 5) is 27.0. The van der Waals surface area contributed by atoms with Gasteiger partial charge in [-0.1, -0.05) is 0 Å². The van der Waals surface area contributed by atoms with Crippen molar-refractivity contribution in [2.24, 2.45) is 0 Å². The number of anilines is 1. The highest BCUT2D eigenvalue weighted by molar-refractivity contribution is 7.63. The first-order valence-corrected chi connectivity index (χ1v) is 8.12. The van der Waals surface area contributed by atoms with Crippen LogP contribution in [0, 0.1) is 6.92 Å². The van der Waals surface area contributed by atoms with Crippen LogP contribution < -0.4 is 10.1 Å². The summed E-state index contributed by atoms with van der Waals surface area (Å²) in [5.74, 6) is 0.233. The Kier molecular flexibility index (Phi) is 5.00. The summed E-state index contributed by atoms with van der Waals surface area (Å²) >= 11 is 0. The number of ether oxygens (including phenoxy) is 1. The Morgan fingerprint density at radius 1 is 1.30 bits per heavy atom. The molecule has 0 spiro atoms. The summed E-state index contributed by atoms with van der Waals surface area (Å²) in [6.07, 6.45) is 4.13. The van der Waals surface area contributed by atoms with Crippen molar-refractivity contribution in [3.05, 3.63) is 47.9 Å². The number of benzene rings is 1. The highest BCUT2D eigenvalue weighted by Crippen LogP contribution is 2.52. The van der Waals surface area contributed by atoms with Crippen LogP contribution in [0.1, 0.15) is 11.1 Å². The molecule has 9 heteroatoms. The van der Waals surface area contributed by atoms with E-state index in [1.807, 2.05) is 0 Å². The molecule has 0 saturated heterocycles. The largest absolute Gasteiger partial charge is 0.504 e. The van der Waals surface area contributed by atoms with Gasteiger partial charge in [0.05, 0.1) is 12.4 Å². The first-order chi connectivity index (χ1) is 10.8. The number of aryl methyl sites for hydroxylation is 1. The van der Waals surface area contributed by atoms with E-state index in [9.17, 15) is 19.5 Å². The lowest BCUT2D eigenvalue weighted by Gasteiger charge is -2.14. The van der Waals surface area contributed by atoms with Crippen molar-refractivity contribution in [2.75, 3.05) is 12.4 Å². The minimum Gasteiger partial charge on any atom is -0.504 e. The number of methoxy groups -OCH3 is 1. The highest BCUT2D eigenvalue weighted by Gasteiger charge is 2.24. The van der Waals surface area contributed by atoms with Crippen LogP contribution in [0.25, 0.3) is 5.31 Å². The Labute approximate surface area is 132 Å². The molecule has 0 fully saturated rings. The van der Waals surface area contributed by atoms with E-state index in [1.165, 1.54) is 31.6 Å². The van der Waals surface area contributed by atoms with E-state index >= 15 is 0 Å². The van der Waals surface area contributed by atoms with E-state index < -0.39 is 7.60 Å². The molecular weight excluding hydrogens is 321 g/mol. The monoisotopic (exact) mass is 337 g/mol. The standard InChI is InChI=1S/C14H16N3O5P/c1-9-6-10(7-11(22-2)13(9)18)12(23(19,20)21)8-17-14-15-4-3-5-16-14/h3-8,18H,1-2H3,(H,15,16,17)(H2,19,20,21)/b12-8+. The summed E-state index contributed by atoms with van der Waals surface area (Å²) in [7, 11) is -3.24. The van der Waals surface area contributed by atoms with E-state index in [0.29, 0.717) is 5.56 Å². The third-order valence-electron chi connectivity index (χ3n) is 3.00. The van der Waals surface area contributed by atoms with Gasteiger partial charge in [0.1, 0.15) is 0 Å². The molecule has 23 heavy (non-hydrogen) atoms. The molecule has 2 rings (SSSR count). The number of hydrogen-bond donors (Lipinski definition) is 4. The second-order valence-electron chi connectivity index (χ2n) is 4.63. The molecule has 8 nitrogen and oxygen atoms in total. The van der Waals surface area contributed by atoms with Gasteiger partial charge in [-0.15, -0.1) is 0 Å². The van der Waals surface area contributed by atoms with Crippen molar-refractivity contribution in [2.45, 2.75) is 6.92 Å². The maximum atomic E-state index is 11.8. The molecule has 4 N–H and O–H groups in total. The summed E-state index contributed by atoms with van der Waals surface area (Å²) in [5, 5.41) is 12.2. The van der Waals surface area contributed by atoms with E-state index in [0.717, 1.165) is 6.20 Å². The number of hydrogen-bond acceptors (Lipinski definition) is 6. The van der Waals surface area contributed by atoms with E-state index in [2.05, 4.69) is 15.3 Å². The molecule has 0 aliphatic carbocycles. The molecule has 1 aromatic heterocycles. The van der Waals surface area contributed by atoms with Gasteiger partial charge in [-0.3, -0.25) is 4.57 Å². The molecule has 0 aliphatic heterocycles. The summed E-state index contributed by atoms with van der Waals surface area (Å²) in [5.41, 5.74) is 0.642. The zero-order chi connectivity index (χ0) is 17.0. The molecule has 1 aromatic carbocycles. The first kappa shape index (κ1) is 17.0. The van der Waals surface area contributed by atoms with Crippen LogP contribution in [-0.2, 0) is 4.57 Å². The van der Waals surface area contributed by atoms with Crippen molar-refractivity contribution in [3.8, 4) is 11.5 Å². The minimum atomic E-state index is -4.59. The number of rotatable bonds is 5. The van der Waals surface area contributed by atoms with Gasteiger partial charge in [0, 0.05) is 18.6 Å². The lowest BCUT2D eigenvalue weighted by Crippen LogP contribution is -1.98. The molecule has 2 aromatic rings. The van der Waals surface area contributed by atoms with Crippen molar-refractivity contribution in [1.82, 2.24) is 9.97 Å². The van der Waals surface area contributed by atoms with Gasteiger partial charge in [0.15, 0.2) is 11.5 Å². The zero-order valence-corrected chi connectivity index (χ0v) is 13.4. The second kappa shape index (κ2) is 6.78. The minimum absolute atomic E-state index is 0.0827. The summed E-state index contributed by atoms with van der Waals surface area (Å²) in [6, 6.07) is 4.42. The molecule has 0 aliphatic rings. The fourth-order valence-corrected chi connectivity index (χ4v) is 2.59. The summed E-state index contributed by atoms with van der Waals surface area (Å²) < 4.78 is 16.8. The van der Waals surface area contributed by atoms with Crippen LogP contribution in [0.3, 0.4) is 0 Å². The van der Waals surface area contributed by atoms with Crippen LogP contribution in [-0.4, -0.2) is 32.0 Å². The fraction of sp³-hybridized carbons (Fsp3) is 0.143. The smallest absolute Gasteiger partial charge is 0.358 e. The van der Waals surface area contributed by atoms with Crippen LogP contribution in [0.15, 0.2) is 36.8 Å². The Morgan fingerprint density at radius 3 is 2.52 bits per heavy atom. The van der Waals surface area contributed by atoms with Gasteiger partial charge >= 0.3 is 7.60 Å². The van der Waals surface area contributed by atoms with Gasteiger partial charge in [0.2, 0.25) is 5.95 Å². The number of aromatic nitrogens is 2.